The van der Waals surface area contributed by atoms with Crippen molar-refractivity contribution in [3.05, 3.63) is 0 Å². The van der Waals surface area contributed by atoms with Crippen LogP contribution in [0, 0.1) is 11.8 Å². The van der Waals surface area contributed by atoms with Crippen molar-refractivity contribution in [2.75, 3.05) is 6.54 Å². The van der Waals surface area contributed by atoms with Crippen molar-refractivity contribution in [1.82, 2.24) is 4.90 Å². The van der Waals surface area contributed by atoms with Gasteiger partial charge in [-0.05, 0) is 31.6 Å². The van der Waals surface area contributed by atoms with E-state index in [1.165, 1.54) is 12.8 Å². The molecule has 1 aliphatic carbocycles. The second-order valence-electron chi connectivity index (χ2n) is 5.29. The molecular weight excluding hydrogens is 202 g/mol. The van der Waals surface area contributed by atoms with Crippen LogP contribution in [-0.4, -0.2) is 28.9 Å². The van der Waals surface area contributed by atoms with Crippen molar-refractivity contribution in [3.63, 3.8) is 0 Å². The number of hydrogen-bond donors (Lipinski definition) is 1. The van der Waals surface area contributed by atoms with Crippen molar-refractivity contribution in [2.45, 2.75) is 45.6 Å². The van der Waals surface area contributed by atoms with E-state index in [4.69, 9.17) is 5.73 Å². The van der Waals surface area contributed by atoms with E-state index in [1.807, 2.05) is 11.8 Å². The van der Waals surface area contributed by atoms with Crippen LogP contribution in [0.1, 0.15) is 40.0 Å². The highest BCUT2D eigenvalue weighted by Gasteiger charge is 2.49. The van der Waals surface area contributed by atoms with Crippen LogP contribution in [-0.2, 0) is 0 Å². The fraction of sp³-hybridized carbons (Fsp3) is 0.833. The van der Waals surface area contributed by atoms with Gasteiger partial charge in [0.05, 0.1) is 0 Å². The highest BCUT2D eigenvalue weighted by molar-refractivity contribution is 6.05. The van der Waals surface area contributed by atoms with Gasteiger partial charge in [0, 0.05) is 6.54 Å². The Morgan fingerprint density at radius 2 is 2.25 bits per heavy atom. The van der Waals surface area contributed by atoms with Crippen LogP contribution >= 0.6 is 0 Å². The molecule has 1 fully saturated rings. The lowest BCUT2D eigenvalue weighted by Crippen LogP contribution is -2.56. The second-order valence-corrected chi connectivity index (χ2v) is 5.29. The maximum atomic E-state index is 11.8. The number of nitrogens with two attached hydrogens (primary N) is 1. The number of rotatable bonds is 4. The molecule has 0 saturated heterocycles. The lowest BCUT2D eigenvalue weighted by atomic mass is 9.83. The molecule has 2 unspecified atom stereocenters. The Morgan fingerprint density at radius 3 is 2.75 bits per heavy atom. The fourth-order valence-corrected chi connectivity index (χ4v) is 2.36. The summed E-state index contributed by atoms with van der Waals surface area (Å²) in [4.78, 5) is 17.7. The number of amidine groups is 1. The number of carbonyl (C=O) groups is 1. The molecule has 2 atom stereocenters. The van der Waals surface area contributed by atoms with E-state index < -0.39 is 0 Å². The lowest BCUT2D eigenvalue weighted by Gasteiger charge is -2.39. The molecule has 16 heavy (non-hydrogen) atoms. The normalized spacial score (nSPS) is 31.8. The predicted molar refractivity (Wildman–Crippen MR) is 64.3 cm³/mol. The molecule has 2 rings (SSSR count). The molecule has 0 aromatic carbocycles. The minimum absolute atomic E-state index is 0.146. The predicted octanol–water partition coefficient (Wildman–Crippen LogP) is 1.99. The van der Waals surface area contributed by atoms with Gasteiger partial charge in [-0.1, -0.05) is 20.3 Å². The largest absolute Gasteiger partial charge is 0.385 e. The molecule has 1 heterocycles. The third-order valence-corrected chi connectivity index (χ3v) is 4.24. The third-order valence-electron chi connectivity index (χ3n) is 4.24. The van der Waals surface area contributed by atoms with E-state index in [0.29, 0.717) is 17.7 Å². The van der Waals surface area contributed by atoms with Crippen LogP contribution in [0.25, 0.3) is 0 Å². The molecule has 2 aliphatic rings. The number of carbonyl (C=O) groups excluding carboxylic acids is 1. The zero-order valence-corrected chi connectivity index (χ0v) is 10.4. The van der Waals surface area contributed by atoms with Gasteiger partial charge in [0.25, 0.3) is 0 Å². The summed E-state index contributed by atoms with van der Waals surface area (Å²) in [7, 11) is 0. The van der Waals surface area contributed by atoms with Gasteiger partial charge in [-0.25, -0.2) is 4.79 Å². The number of urea groups is 1. The van der Waals surface area contributed by atoms with E-state index in [0.717, 1.165) is 13.0 Å². The maximum absolute atomic E-state index is 11.8. The average molecular weight is 223 g/mol. The Hall–Kier alpha value is -1.06. The highest BCUT2D eigenvalue weighted by atomic mass is 16.2. The molecule has 0 aromatic rings. The molecular formula is C12H21N3O. The van der Waals surface area contributed by atoms with Gasteiger partial charge >= 0.3 is 6.03 Å². The van der Waals surface area contributed by atoms with Gasteiger partial charge < -0.3 is 10.6 Å². The van der Waals surface area contributed by atoms with Gasteiger partial charge in [0.15, 0.2) is 0 Å². The summed E-state index contributed by atoms with van der Waals surface area (Å²) in [5.74, 6) is 1.52. The van der Waals surface area contributed by atoms with Crippen LogP contribution in [0.5, 0.6) is 0 Å². The van der Waals surface area contributed by atoms with Crippen LogP contribution < -0.4 is 5.73 Å². The highest BCUT2D eigenvalue weighted by Crippen LogP contribution is 2.37. The molecule has 2 N–H and O–H groups in total. The first-order valence-electron chi connectivity index (χ1n) is 6.16. The minimum Gasteiger partial charge on any atom is -0.385 e. The second kappa shape index (κ2) is 3.75. The van der Waals surface area contributed by atoms with Crippen molar-refractivity contribution < 1.29 is 4.79 Å². The zero-order valence-electron chi connectivity index (χ0n) is 10.4. The van der Waals surface area contributed by atoms with Crippen molar-refractivity contribution in [2.24, 2.45) is 22.6 Å². The molecule has 0 spiro atoms. The number of amides is 2. The molecule has 4 nitrogen and oxygen atoms in total. The van der Waals surface area contributed by atoms with Gasteiger partial charge in [-0.3, -0.25) is 0 Å². The van der Waals surface area contributed by atoms with Gasteiger partial charge in [0.2, 0.25) is 0 Å². The van der Waals surface area contributed by atoms with E-state index in [-0.39, 0.29) is 11.6 Å². The average Bonchev–Trinajstić information content (AvgIpc) is 3.03. The molecule has 0 radical (unpaired) electrons. The standard InChI is InChI=1S/C12H21N3O/c1-4-8(2)12(3)10(13)14-11(16)15(12)7-9-5-6-9/h8-9H,4-7H2,1-3H3,(H2,13,14,16). The van der Waals surface area contributed by atoms with Gasteiger partial charge in [-0.2, -0.15) is 4.99 Å². The molecule has 90 valence electrons. The molecule has 2 amide bonds. The van der Waals surface area contributed by atoms with E-state index in [1.54, 1.807) is 0 Å². The first kappa shape index (κ1) is 11.4. The Bertz CT molecular complexity index is 335. The number of hydrogen-bond acceptors (Lipinski definition) is 2. The van der Waals surface area contributed by atoms with Crippen LogP contribution in [0.4, 0.5) is 4.79 Å². The summed E-state index contributed by atoms with van der Waals surface area (Å²) < 4.78 is 0. The SMILES string of the molecule is CCC(C)C1(C)C(N)=NC(=O)N1CC1CC1. The number of aliphatic imine (C=N–C) groups is 1. The molecule has 0 bridgehead atoms. The summed E-state index contributed by atoms with van der Waals surface area (Å²) in [5.41, 5.74) is 5.59. The van der Waals surface area contributed by atoms with Crippen LogP contribution in [0.2, 0.25) is 0 Å². The monoisotopic (exact) mass is 223 g/mol. The van der Waals surface area contributed by atoms with E-state index in [9.17, 15) is 4.79 Å². The Morgan fingerprint density at radius 1 is 1.62 bits per heavy atom. The summed E-state index contributed by atoms with van der Waals surface area (Å²) in [6.07, 6.45) is 3.47. The summed E-state index contributed by atoms with van der Waals surface area (Å²) in [6, 6.07) is -0.146. The quantitative estimate of drug-likeness (QED) is 0.792. The first-order chi connectivity index (χ1) is 7.50. The zero-order chi connectivity index (χ0) is 11.9. The van der Waals surface area contributed by atoms with Gasteiger partial charge in [0.1, 0.15) is 11.4 Å². The summed E-state index contributed by atoms with van der Waals surface area (Å²) in [5, 5.41) is 0. The first-order valence-corrected chi connectivity index (χ1v) is 6.16. The topological polar surface area (TPSA) is 58.7 Å². The van der Waals surface area contributed by atoms with E-state index in [2.05, 4.69) is 18.8 Å². The maximum Gasteiger partial charge on any atom is 0.346 e. The smallest absolute Gasteiger partial charge is 0.346 e. The number of nitrogens with zero attached hydrogens (tertiary/aromatic N) is 2. The lowest BCUT2D eigenvalue weighted by molar-refractivity contribution is 0.141. The van der Waals surface area contributed by atoms with Crippen molar-refractivity contribution in [1.29, 1.82) is 0 Å². The Kier molecular flexibility index (Phi) is 2.68. The van der Waals surface area contributed by atoms with Crippen LogP contribution in [0.15, 0.2) is 4.99 Å². The van der Waals surface area contributed by atoms with Crippen LogP contribution in [0.3, 0.4) is 0 Å². The summed E-state index contributed by atoms with van der Waals surface area (Å²) in [6.45, 7) is 7.14. The molecule has 4 heteroatoms. The van der Waals surface area contributed by atoms with Gasteiger partial charge in [-0.15, -0.1) is 0 Å². The Labute approximate surface area is 96.9 Å². The minimum atomic E-state index is -0.367. The fourth-order valence-electron chi connectivity index (χ4n) is 2.36. The molecule has 0 aromatic heterocycles. The van der Waals surface area contributed by atoms with E-state index >= 15 is 0 Å². The molecule has 1 saturated carbocycles. The van der Waals surface area contributed by atoms with Crippen molar-refractivity contribution >= 4 is 11.9 Å². The van der Waals surface area contributed by atoms with Crippen molar-refractivity contribution in [3.8, 4) is 0 Å². The Balaban J connectivity index is 2.23. The summed E-state index contributed by atoms with van der Waals surface area (Å²) >= 11 is 0. The third kappa shape index (κ3) is 1.60. The molecule has 1 aliphatic heterocycles.